The molecular formula is C22H23FN4O6S2. The van der Waals surface area contributed by atoms with Crippen LogP contribution in [0.5, 0.6) is 0 Å². The van der Waals surface area contributed by atoms with Crippen molar-refractivity contribution in [3.63, 3.8) is 0 Å². The number of amides is 1. The molecule has 10 nitrogen and oxygen atoms in total. The maximum absolute atomic E-state index is 13.4. The van der Waals surface area contributed by atoms with Crippen molar-refractivity contribution in [1.82, 2.24) is 4.90 Å². The van der Waals surface area contributed by atoms with E-state index in [0.717, 1.165) is 12.3 Å². The van der Waals surface area contributed by atoms with Crippen molar-refractivity contribution in [3.05, 3.63) is 53.8 Å². The molecule has 0 aromatic heterocycles. The predicted molar refractivity (Wildman–Crippen MR) is 127 cm³/mol. The summed E-state index contributed by atoms with van der Waals surface area (Å²) in [7, 11) is -8.01. The van der Waals surface area contributed by atoms with Gasteiger partial charge in [0.2, 0.25) is 15.9 Å². The van der Waals surface area contributed by atoms with Gasteiger partial charge in [-0.1, -0.05) is 26.0 Å². The van der Waals surface area contributed by atoms with Crippen LogP contribution in [0.1, 0.15) is 19.4 Å². The summed E-state index contributed by atoms with van der Waals surface area (Å²) < 4.78 is 68.1. The number of hydrogen-bond acceptors (Lipinski definition) is 7. The number of nitrogens with one attached hydrogen (secondary N) is 2. The first-order valence-electron chi connectivity index (χ1n) is 10.5. The van der Waals surface area contributed by atoms with Crippen LogP contribution < -0.4 is 10.0 Å². The average molecular weight is 523 g/mol. The van der Waals surface area contributed by atoms with Crippen molar-refractivity contribution >= 4 is 48.9 Å². The molecule has 2 aromatic rings. The lowest BCUT2D eigenvalue weighted by Crippen LogP contribution is -2.58. The van der Waals surface area contributed by atoms with E-state index >= 15 is 0 Å². The number of carbonyl (C=O) groups excluding carboxylic acids is 2. The number of sulfonamides is 2. The lowest BCUT2D eigenvalue weighted by Gasteiger charge is -2.41. The maximum Gasteiger partial charge on any atom is 0.286 e. The Balaban J connectivity index is 1.69. The number of nitrogens with zero attached hydrogens (tertiary/aromatic N) is 2. The van der Waals surface area contributed by atoms with Crippen molar-refractivity contribution in [2.45, 2.75) is 25.3 Å². The molecule has 2 aliphatic heterocycles. The minimum atomic E-state index is -4.36. The smallest absolute Gasteiger partial charge is 0.286 e. The number of halogens is 1. The minimum absolute atomic E-state index is 0.0201. The normalized spacial score (nSPS) is 21.1. The topological polar surface area (TPSA) is 142 Å². The third-order valence-corrected chi connectivity index (χ3v) is 7.62. The summed E-state index contributed by atoms with van der Waals surface area (Å²) in [5.41, 5.74) is -0.281. The molecular weight excluding hydrogens is 499 g/mol. The fourth-order valence-corrected chi connectivity index (χ4v) is 5.82. The molecule has 1 atom stereocenters. The number of benzene rings is 2. The van der Waals surface area contributed by atoms with Gasteiger partial charge in [-0.3, -0.25) is 14.3 Å². The van der Waals surface area contributed by atoms with Gasteiger partial charge in [-0.15, -0.1) is 4.40 Å². The first-order chi connectivity index (χ1) is 16.2. The molecule has 35 heavy (non-hydrogen) atoms. The van der Waals surface area contributed by atoms with Gasteiger partial charge in [-0.25, -0.2) is 12.8 Å². The molecule has 0 radical (unpaired) electrons. The zero-order chi connectivity index (χ0) is 25.8. The monoisotopic (exact) mass is 522 g/mol. The number of amidine groups is 1. The second kappa shape index (κ2) is 8.41. The molecule has 2 aliphatic rings. The summed E-state index contributed by atoms with van der Waals surface area (Å²) in [4.78, 5) is 27.7. The van der Waals surface area contributed by atoms with Crippen LogP contribution in [0.4, 0.5) is 15.8 Å². The van der Waals surface area contributed by atoms with E-state index < -0.39 is 48.9 Å². The fourth-order valence-electron chi connectivity index (χ4n) is 4.08. The second-order valence-corrected chi connectivity index (χ2v) is 12.5. The number of piperidine rings is 1. The van der Waals surface area contributed by atoms with Crippen molar-refractivity contribution < 1.29 is 30.8 Å². The zero-order valence-corrected chi connectivity index (χ0v) is 20.7. The largest absolute Gasteiger partial charge is 0.341 e. The number of anilines is 2. The summed E-state index contributed by atoms with van der Waals surface area (Å²) in [6, 6.07) is 9.37. The molecule has 13 heteroatoms. The van der Waals surface area contributed by atoms with E-state index in [2.05, 4.69) is 14.4 Å². The first-order valence-corrected chi connectivity index (χ1v) is 13.8. The van der Waals surface area contributed by atoms with Crippen molar-refractivity contribution in [1.29, 1.82) is 0 Å². The molecule has 0 spiro atoms. The third-order valence-electron chi connectivity index (χ3n) is 5.68. The van der Waals surface area contributed by atoms with Crippen molar-refractivity contribution in [2.75, 3.05) is 22.8 Å². The molecule has 0 saturated carbocycles. The van der Waals surface area contributed by atoms with Gasteiger partial charge >= 0.3 is 0 Å². The van der Waals surface area contributed by atoms with Crippen LogP contribution in [0.15, 0.2) is 51.8 Å². The predicted octanol–water partition coefficient (Wildman–Crippen LogP) is 1.96. The van der Waals surface area contributed by atoms with Crippen LogP contribution in [-0.2, 0) is 36.2 Å². The first kappa shape index (κ1) is 24.8. The number of Topliss-reactive ketones (excluding diaryl/α,β-unsaturated/α-hetero) is 1. The van der Waals surface area contributed by atoms with E-state index in [0.29, 0.717) is 5.56 Å². The average Bonchev–Trinajstić information content (AvgIpc) is 2.73. The summed E-state index contributed by atoms with van der Waals surface area (Å²) >= 11 is 0. The molecule has 1 fully saturated rings. The number of fused-ring (bicyclic) bond motifs is 1. The quantitative estimate of drug-likeness (QED) is 0.572. The molecule has 2 N–H and O–H groups in total. The van der Waals surface area contributed by atoms with E-state index in [4.69, 9.17) is 0 Å². The summed E-state index contributed by atoms with van der Waals surface area (Å²) in [6.07, 6.45) is 0.926. The van der Waals surface area contributed by atoms with Crippen LogP contribution in [0.25, 0.3) is 0 Å². The number of ketones is 1. The molecule has 0 bridgehead atoms. The van der Waals surface area contributed by atoms with Gasteiger partial charge in [0.25, 0.3) is 10.0 Å². The van der Waals surface area contributed by atoms with Crippen LogP contribution in [0.2, 0.25) is 0 Å². The Morgan fingerprint density at radius 3 is 2.46 bits per heavy atom. The van der Waals surface area contributed by atoms with Gasteiger partial charge in [-0.2, -0.15) is 8.42 Å². The van der Waals surface area contributed by atoms with Crippen LogP contribution in [-0.4, -0.2) is 52.1 Å². The molecule has 4 rings (SSSR count). The number of hydrogen-bond donors (Lipinski definition) is 2. The minimum Gasteiger partial charge on any atom is -0.341 e. The second-order valence-electron chi connectivity index (χ2n) is 9.16. The third kappa shape index (κ3) is 5.05. The molecule has 1 saturated heterocycles. The lowest BCUT2D eigenvalue weighted by molar-refractivity contribution is -0.150. The Morgan fingerprint density at radius 2 is 1.83 bits per heavy atom. The van der Waals surface area contributed by atoms with Gasteiger partial charge in [0.1, 0.15) is 16.5 Å². The van der Waals surface area contributed by atoms with E-state index in [1.54, 1.807) is 13.8 Å². The zero-order valence-electron chi connectivity index (χ0n) is 19.1. The Labute approximate surface area is 202 Å². The summed E-state index contributed by atoms with van der Waals surface area (Å²) in [5, 5.41) is 2.78. The number of likely N-dealkylation sites (tertiary alicyclic amines) is 1. The Hall–Kier alpha value is -3.32. The Kier molecular flexibility index (Phi) is 5.96. The highest BCUT2D eigenvalue weighted by molar-refractivity contribution is 7.92. The number of carbonyl (C=O) groups is 2. The highest BCUT2D eigenvalue weighted by atomic mass is 32.2. The van der Waals surface area contributed by atoms with Gasteiger partial charge in [0.05, 0.1) is 11.9 Å². The summed E-state index contributed by atoms with van der Waals surface area (Å²) in [5.74, 6) is -3.35. The molecule has 0 aliphatic carbocycles. The van der Waals surface area contributed by atoms with E-state index in [1.165, 1.54) is 41.3 Å². The van der Waals surface area contributed by atoms with Gasteiger partial charge in [0, 0.05) is 24.2 Å². The van der Waals surface area contributed by atoms with Gasteiger partial charge in [-0.05, 0) is 35.9 Å². The lowest BCUT2D eigenvalue weighted by atomic mass is 9.76. The highest BCUT2D eigenvalue weighted by Gasteiger charge is 2.50. The van der Waals surface area contributed by atoms with Gasteiger partial charge < -0.3 is 10.2 Å². The molecule has 2 aromatic carbocycles. The molecule has 2 heterocycles. The number of rotatable bonds is 5. The maximum atomic E-state index is 13.4. The van der Waals surface area contributed by atoms with Crippen LogP contribution in [0, 0.1) is 17.2 Å². The molecule has 1 unspecified atom stereocenters. The van der Waals surface area contributed by atoms with Crippen LogP contribution in [0.3, 0.4) is 0 Å². The standard InChI is InChI=1S/C22H23FN4O6S2/c1-22(2)12-27(11-13-4-6-14(23)7-5-13)21(29)18(19(22)28)20-24-16-9-8-15(25-34(3,30)31)10-17(16)35(32,33)26-20/h4-10,18,25H,11-12H2,1-3H3,(H,24,26). The highest BCUT2D eigenvalue weighted by Crippen LogP contribution is 2.36. The summed E-state index contributed by atoms with van der Waals surface area (Å²) in [6.45, 7) is 3.50. The Bertz CT molecular complexity index is 1470. The molecule has 186 valence electrons. The van der Waals surface area contributed by atoms with E-state index in [1.807, 2.05) is 0 Å². The van der Waals surface area contributed by atoms with Crippen LogP contribution >= 0.6 is 0 Å². The van der Waals surface area contributed by atoms with E-state index in [-0.39, 0.29) is 35.2 Å². The SMILES string of the molecule is CC1(C)CN(Cc2ccc(F)cc2)C(=O)C(C2=NS(=O)(=O)c3cc(NS(C)(=O)=O)ccc3N2)C1=O. The van der Waals surface area contributed by atoms with E-state index in [9.17, 15) is 30.8 Å². The van der Waals surface area contributed by atoms with Gasteiger partial charge in [0.15, 0.2) is 11.7 Å². The van der Waals surface area contributed by atoms with Crippen molar-refractivity contribution in [2.24, 2.45) is 15.7 Å². The van der Waals surface area contributed by atoms with Crippen molar-refractivity contribution in [3.8, 4) is 0 Å². The molecule has 1 amide bonds. The fraction of sp³-hybridized carbons (Fsp3) is 0.318. The Morgan fingerprint density at radius 1 is 1.17 bits per heavy atom.